The third-order valence-electron chi connectivity index (χ3n) is 2.29. The van der Waals surface area contributed by atoms with Crippen molar-refractivity contribution in [1.82, 2.24) is 0 Å². The lowest BCUT2D eigenvalue weighted by atomic mass is 10.0. The minimum atomic E-state index is -0.268. The van der Waals surface area contributed by atoms with Crippen LogP contribution in [0.1, 0.15) is 12.5 Å². The molecule has 84 valence electrons. The number of rotatable bonds is 4. The molecule has 0 aliphatic rings. The summed E-state index contributed by atoms with van der Waals surface area (Å²) in [5.74, 6) is 0.748. The fraction of sp³-hybridized carbons (Fsp3) is 0.455. The molecule has 0 heterocycles. The SMILES string of the molecule is COc1cc(Br)c(F)cc1CC(C)CN. The Morgan fingerprint density at radius 2 is 2.20 bits per heavy atom. The zero-order valence-electron chi connectivity index (χ0n) is 8.89. The summed E-state index contributed by atoms with van der Waals surface area (Å²) in [6.45, 7) is 2.61. The second-order valence-corrected chi connectivity index (χ2v) is 4.48. The predicted molar refractivity (Wildman–Crippen MR) is 62.6 cm³/mol. The normalized spacial score (nSPS) is 12.6. The Morgan fingerprint density at radius 3 is 2.73 bits per heavy atom. The summed E-state index contributed by atoms with van der Waals surface area (Å²) in [5.41, 5.74) is 6.39. The molecular weight excluding hydrogens is 261 g/mol. The largest absolute Gasteiger partial charge is 0.496 e. The molecule has 0 aliphatic heterocycles. The Kier molecular flexibility index (Phi) is 4.54. The first-order valence-corrected chi connectivity index (χ1v) is 5.59. The highest BCUT2D eigenvalue weighted by Crippen LogP contribution is 2.28. The van der Waals surface area contributed by atoms with Crippen molar-refractivity contribution in [3.05, 3.63) is 28.0 Å². The van der Waals surface area contributed by atoms with Crippen LogP contribution in [0, 0.1) is 11.7 Å². The van der Waals surface area contributed by atoms with Crippen molar-refractivity contribution in [2.24, 2.45) is 11.7 Å². The minimum absolute atomic E-state index is 0.268. The van der Waals surface area contributed by atoms with Gasteiger partial charge in [0.05, 0.1) is 11.6 Å². The standard InChI is InChI=1S/C11H15BrFNO/c1-7(6-14)3-8-4-10(13)9(12)5-11(8)15-2/h4-5,7H,3,6,14H2,1-2H3. The van der Waals surface area contributed by atoms with Crippen LogP contribution in [0.15, 0.2) is 16.6 Å². The highest BCUT2D eigenvalue weighted by molar-refractivity contribution is 9.10. The van der Waals surface area contributed by atoms with Gasteiger partial charge in [-0.1, -0.05) is 6.92 Å². The quantitative estimate of drug-likeness (QED) is 0.917. The van der Waals surface area contributed by atoms with Gasteiger partial charge in [-0.25, -0.2) is 4.39 Å². The summed E-state index contributed by atoms with van der Waals surface area (Å²) in [6, 6.07) is 3.14. The maximum atomic E-state index is 13.3. The van der Waals surface area contributed by atoms with E-state index in [-0.39, 0.29) is 5.82 Å². The molecule has 0 amide bonds. The summed E-state index contributed by atoms with van der Waals surface area (Å²) < 4.78 is 18.9. The highest BCUT2D eigenvalue weighted by Gasteiger charge is 2.11. The van der Waals surface area contributed by atoms with Gasteiger partial charge in [0.25, 0.3) is 0 Å². The zero-order valence-corrected chi connectivity index (χ0v) is 10.5. The van der Waals surface area contributed by atoms with Gasteiger partial charge in [0.15, 0.2) is 0 Å². The summed E-state index contributed by atoms with van der Waals surface area (Å²) in [5, 5.41) is 0. The third-order valence-corrected chi connectivity index (χ3v) is 2.90. The number of nitrogens with two attached hydrogens (primary N) is 1. The van der Waals surface area contributed by atoms with E-state index in [9.17, 15) is 4.39 Å². The molecule has 0 aliphatic carbocycles. The van der Waals surface area contributed by atoms with Crippen molar-refractivity contribution >= 4 is 15.9 Å². The summed E-state index contributed by atoms with van der Waals surface area (Å²) in [4.78, 5) is 0. The lowest BCUT2D eigenvalue weighted by Gasteiger charge is -2.13. The number of halogens is 2. The van der Waals surface area contributed by atoms with Crippen molar-refractivity contribution in [2.45, 2.75) is 13.3 Å². The predicted octanol–water partition coefficient (Wildman–Crippen LogP) is 2.73. The van der Waals surface area contributed by atoms with Gasteiger partial charge in [-0.05, 0) is 52.5 Å². The van der Waals surface area contributed by atoms with Crippen LogP contribution in [0.2, 0.25) is 0 Å². The Labute approximate surface area is 97.7 Å². The first-order chi connectivity index (χ1) is 7.08. The molecule has 2 nitrogen and oxygen atoms in total. The minimum Gasteiger partial charge on any atom is -0.496 e. The van der Waals surface area contributed by atoms with Crippen molar-refractivity contribution < 1.29 is 9.13 Å². The maximum Gasteiger partial charge on any atom is 0.137 e. The molecule has 0 bridgehead atoms. The van der Waals surface area contributed by atoms with Crippen LogP contribution in [0.4, 0.5) is 4.39 Å². The van der Waals surface area contributed by atoms with Crippen LogP contribution in [0.25, 0.3) is 0 Å². The van der Waals surface area contributed by atoms with E-state index in [1.807, 2.05) is 6.92 Å². The molecule has 0 radical (unpaired) electrons. The average molecular weight is 276 g/mol. The second kappa shape index (κ2) is 5.47. The van der Waals surface area contributed by atoms with Gasteiger partial charge in [-0.3, -0.25) is 0 Å². The number of hydrogen-bond acceptors (Lipinski definition) is 2. The Balaban J connectivity index is 2.99. The maximum absolute atomic E-state index is 13.3. The van der Waals surface area contributed by atoms with Crippen molar-refractivity contribution in [3.63, 3.8) is 0 Å². The molecule has 15 heavy (non-hydrogen) atoms. The van der Waals surface area contributed by atoms with E-state index in [0.717, 1.165) is 12.0 Å². The molecule has 0 saturated heterocycles. The Hall–Kier alpha value is -0.610. The lowest BCUT2D eigenvalue weighted by Crippen LogP contribution is -2.13. The summed E-state index contributed by atoms with van der Waals surface area (Å²) in [7, 11) is 1.58. The van der Waals surface area contributed by atoms with Gasteiger partial charge in [0, 0.05) is 0 Å². The lowest BCUT2D eigenvalue weighted by molar-refractivity contribution is 0.404. The first kappa shape index (κ1) is 12.5. The number of benzene rings is 1. The van der Waals surface area contributed by atoms with Crippen LogP contribution < -0.4 is 10.5 Å². The molecule has 1 unspecified atom stereocenters. The van der Waals surface area contributed by atoms with Crippen molar-refractivity contribution in [1.29, 1.82) is 0 Å². The molecule has 0 spiro atoms. The highest BCUT2D eigenvalue weighted by atomic mass is 79.9. The van der Waals surface area contributed by atoms with Gasteiger partial charge in [-0.2, -0.15) is 0 Å². The molecule has 4 heteroatoms. The molecule has 1 rings (SSSR count). The Bertz CT molecular complexity index is 344. The van der Waals surface area contributed by atoms with Crippen LogP contribution in [0.5, 0.6) is 5.75 Å². The van der Waals surface area contributed by atoms with Crippen LogP contribution in [0.3, 0.4) is 0 Å². The van der Waals surface area contributed by atoms with E-state index >= 15 is 0 Å². The molecule has 1 atom stereocenters. The molecular formula is C11H15BrFNO. The van der Waals surface area contributed by atoms with Gasteiger partial charge in [-0.15, -0.1) is 0 Å². The van der Waals surface area contributed by atoms with E-state index in [1.54, 1.807) is 13.2 Å². The van der Waals surface area contributed by atoms with E-state index in [0.29, 0.717) is 22.7 Å². The van der Waals surface area contributed by atoms with Gasteiger partial charge in [0.1, 0.15) is 11.6 Å². The number of methoxy groups -OCH3 is 1. The first-order valence-electron chi connectivity index (χ1n) is 4.80. The molecule has 0 fully saturated rings. The number of hydrogen-bond donors (Lipinski definition) is 1. The fourth-order valence-corrected chi connectivity index (χ4v) is 1.70. The van der Waals surface area contributed by atoms with Crippen LogP contribution in [-0.4, -0.2) is 13.7 Å². The van der Waals surface area contributed by atoms with E-state index in [2.05, 4.69) is 15.9 Å². The van der Waals surface area contributed by atoms with Crippen molar-refractivity contribution in [3.8, 4) is 5.75 Å². The molecule has 0 aromatic heterocycles. The van der Waals surface area contributed by atoms with Gasteiger partial charge >= 0.3 is 0 Å². The number of ether oxygens (including phenoxy) is 1. The van der Waals surface area contributed by atoms with Crippen LogP contribution in [-0.2, 0) is 6.42 Å². The van der Waals surface area contributed by atoms with Crippen LogP contribution >= 0.6 is 15.9 Å². The fourth-order valence-electron chi connectivity index (χ4n) is 1.38. The molecule has 1 aromatic rings. The monoisotopic (exact) mass is 275 g/mol. The zero-order chi connectivity index (χ0) is 11.4. The Morgan fingerprint density at radius 1 is 1.53 bits per heavy atom. The second-order valence-electron chi connectivity index (χ2n) is 3.62. The molecule has 2 N–H and O–H groups in total. The smallest absolute Gasteiger partial charge is 0.137 e. The van der Waals surface area contributed by atoms with Gasteiger partial charge in [0.2, 0.25) is 0 Å². The average Bonchev–Trinajstić information content (AvgIpc) is 2.22. The molecule has 1 aromatic carbocycles. The van der Waals surface area contributed by atoms with Gasteiger partial charge < -0.3 is 10.5 Å². The van der Waals surface area contributed by atoms with E-state index < -0.39 is 0 Å². The van der Waals surface area contributed by atoms with E-state index in [4.69, 9.17) is 10.5 Å². The third kappa shape index (κ3) is 3.18. The van der Waals surface area contributed by atoms with Crippen molar-refractivity contribution in [2.75, 3.05) is 13.7 Å². The molecule has 0 saturated carbocycles. The summed E-state index contributed by atoms with van der Waals surface area (Å²) >= 11 is 3.12. The topological polar surface area (TPSA) is 35.2 Å². The summed E-state index contributed by atoms with van der Waals surface area (Å²) in [6.07, 6.45) is 0.726. The van der Waals surface area contributed by atoms with E-state index in [1.165, 1.54) is 6.07 Å².